The largest absolute Gasteiger partial charge is 0.344 e. The van der Waals surface area contributed by atoms with Crippen molar-refractivity contribution < 1.29 is 29.1 Å². The molecule has 12 heteroatoms. The molecule has 0 aromatic heterocycles. The molecule has 2 aliphatic heterocycles. The fraction of sp³-hybridized carbons (Fsp3) is 0.511. The first-order chi connectivity index (χ1) is 26.7. The highest BCUT2D eigenvalue weighted by Crippen LogP contribution is 2.50. The molecule has 57 heavy (non-hydrogen) atoms. The second kappa shape index (κ2) is 18.8. The van der Waals surface area contributed by atoms with E-state index in [2.05, 4.69) is 55.4 Å². The van der Waals surface area contributed by atoms with Crippen LogP contribution >= 0.6 is 0 Å². The summed E-state index contributed by atoms with van der Waals surface area (Å²) in [7, 11) is 0. The van der Waals surface area contributed by atoms with Crippen LogP contribution in [0, 0.1) is 43.9 Å². The molecule has 0 saturated carbocycles. The van der Waals surface area contributed by atoms with E-state index < -0.39 is 18.4 Å². The second-order valence-electron chi connectivity index (χ2n) is 17.0. The van der Waals surface area contributed by atoms with E-state index in [0.29, 0.717) is 59.6 Å². The van der Waals surface area contributed by atoms with Crippen molar-refractivity contribution in [3.8, 4) is 0 Å². The monoisotopic (exact) mass is 784 g/mol. The van der Waals surface area contributed by atoms with Gasteiger partial charge < -0.3 is 9.68 Å². The maximum absolute atomic E-state index is 13.7. The van der Waals surface area contributed by atoms with E-state index in [9.17, 15) is 29.8 Å². The van der Waals surface area contributed by atoms with Gasteiger partial charge in [-0.1, -0.05) is 91.8 Å². The molecule has 0 amide bonds. The molecule has 0 aliphatic carbocycles. The molecular weight excluding hydrogens is 725 g/mol. The van der Waals surface area contributed by atoms with Crippen LogP contribution in [0.4, 0.5) is 11.4 Å². The maximum atomic E-state index is 13.7. The molecule has 0 spiro atoms. The Bertz CT molecular complexity index is 1790. The van der Waals surface area contributed by atoms with Crippen LogP contribution in [0.3, 0.4) is 0 Å². The van der Waals surface area contributed by atoms with E-state index >= 15 is 0 Å². The fourth-order valence-corrected chi connectivity index (χ4v) is 8.31. The van der Waals surface area contributed by atoms with Crippen molar-refractivity contribution >= 4 is 23.3 Å². The van der Waals surface area contributed by atoms with E-state index in [1.165, 1.54) is 22.3 Å². The number of hydrogen-bond donors (Lipinski definition) is 0. The lowest BCUT2D eigenvalue weighted by Crippen LogP contribution is -2.35. The fourth-order valence-electron chi connectivity index (χ4n) is 8.31. The first-order valence-electron chi connectivity index (χ1n) is 20.0. The molecule has 4 rings (SSSR count). The molecule has 0 N–H and O–H groups in total. The van der Waals surface area contributed by atoms with Crippen LogP contribution < -0.4 is 0 Å². The van der Waals surface area contributed by atoms with Crippen LogP contribution in [0.15, 0.2) is 93.6 Å². The van der Waals surface area contributed by atoms with Crippen molar-refractivity contribution in [1.82, 2.24) is 10.1 Å². The van der Waals surface area contributed by atoms with Gasteiger partial charge in [-0.3, -0.25) is 20.2 Å². The third kappa shape index (κ3) is 10.2. The molecule has 0 saturated heterocycles. The van der Waals surface area contributed by atoms with Crippen LogP contribution in [0.2, 0.25) is 0 Å². The lowest BCUT2D eigenvalue weighted by molar-refractivity contribution is -0.385. The number of nitro benzene ring substituents is 2. The summed E-state index contributed by atoms with van der Waals surface area (Å²) < 4.78 is 0. The third-order valence-corrected chi connectivity index (χ3v) is 10.5. The second-order valence-corrected chi connectivity index (χ2v) is 17.0. The smallest absolute Gasteiger partial charge is 0.336 e. The van der Waals surface area contributed by atoms with E-state index in [1.54, 1.807) is 24.3 Å². The number of allylic oxidation sites excluding steroid dienone is 8. The Kier molecular flexibility index (Phi) is 14.7. The summed E-state index contributed by atoms with van der Waals surface area (Å²) in [4.78, 5) is 63.3. The number of para-hydroxylation sites is 2. The minimum Gasteiger partial charge on any atom is -0.336 e. The number of rotatable bonds is 16. The highest BCUT2D eigenvalue weighted by Gasteiger charge is 2.40. The van der Waals surface area contributed by atoms with Crippen LogP contribution in [0.1, 0.15) is 138 Å². The van der Waals surface area contributed by atoms with Crippen molar-refractivity contribution in [3.63, 3.8) is 0 Å². The number of hydroxylamine groups is 4. The normalized spacial score (nSPS) is 15.9. The first-order valence-corrected chi connectivity index (χ1v) is 20.0. The minimum atomic E-state index is -0.821. The Morgan fingerprint density at radius 3 is 1.05 bits per heavy atom. The highest BCUT2D eigenvalue weighted by molar-refractivity contribution is 5.91. The molecule has 308 valence electrons. The molecule has 2 aromatic rings. The van der Waals surface area contributed by atoms with Crippen LogP contribution in [0.25, 0.3) is 0 Å². The average Bonchev–Trinajstić information content (AvgIpc) is 3.12. The van der Waals surface area contributed by atoms with Crippen LogP contribution in [-0.2, 0) is 19.3 Å². The van der Waals surface area contributed by atoms with Crippen molar-refractivity contribution in [2.45, 2.75) is 127 Å². The molecule has 0 fully saturated rings. The molecule has 0 bridgehead atoms. The Labute approximate surface area is 337 Å². The zero-order chi connectivity index (χ0) is 42.5. The van der Waals surface area contributed by atoms with E-state index in [-0.39, 0.29) is 56.7 Å². The van der Waals surface area contributed by atoms with Crippen LogP contribution in [0.5, 0.6) is 0 Å². The number of carbonyl (C=O) groups excluding carboxylic acids is 2. The quantitative estimate of drug-likeness (QED) is 0.0915. The van der Waals surface area contributed by atoms with E-state index in [4.69, 9.17) is 9.68 Å². The van der Waals surface area contributed by atoms with Gasteiger partial charge in [-0.05, 0) is 99.3 Å². The lowest BCUT2D eigenvalue weighted by atomic mass is 9.74. The predicted molar refractivity (Wildman–Crippen MR) is 221 cm³/mol. The summed E-state index contributed by atoms with van der Waals surface area (Å²) in [6.07, 6.45) is 1.72. The lowest BCUT2D eigenvalue weighted by Gasteiger charge is -2.39. The summed E-state index contributed by atoms with van der Waals surface area (Å²) in [6.45, 7) is 24.0. The summed E-state index contributed by atoms with van der Waals surface area (Å²) in [5.74, 6) is -1.65. The molecular formula is C45H60N4O8. The summed E-state index contributed by atoms with van der Waals surface area (Å²) in [6, 6.07) is 13.6. The van der Waals surface area contributed by atoms with Crippen LogP contribution in [-0.4, -0.2) is 31.9 Å². The number of carbonyl (C=O) groups is 2. The first kappa shape index (κ1) is 44.5. The Hall–Kier alpha value is -5.26. The summed E-state index contributed by atoms with van der Waals surface area (Å²) in [5, 5.41) is 27.4. The van der Waals surface area contributed by atoms with Gasteiger partial charge in [0.2, 0.25) is 0 Å². The van der Waals surface area contributed by atoms with Gasteiger partial charge in [0.05, 0.1) is 32.6 Å². The molecule has 2 aromatic carbocycles. The van der Waals surface area contributed by atoms with Gasteiger partial charge in [-0.15, -0.1) is 0 Å². The molecule has 0 radical (unpaired) electrons. The minimum absolute atomic E-state index is 0.0339. The van der Waals surface area contributed by atoms with Gasteiger partial charge in [0, 0.05) is 35.1 Å². The van der Waals surface area contributed by atoms with Crippen molar-refractivity contribution in [1.29, 1.82) is 0 Å². The van der Waals surface area contributed by atoms with Crippen molar-refractivity contribution in [3.05, 3.63) is 125 Å². The topological polar surface area (TPSA) is 145 Å². The Morgan fingerprint density at radius 1 is 0.544 bits per heavy atom. The predicted octanol–water partition coefficient (Wildman–Crippen LogP) is 11.6. The molecule has 2 heterocycles. The summed E-state index contributed by atoms with van der Waals surface area (Å²) in [5.41, 5.74) is 7.47. The zero-order valence-electron chi connectivity index (χ0n) is 35.7. The number of nitrogens with zero attached hydrogens (tertiary/aromatic N) is 4. The third-order valence-electron chi connectivity index (χ3n) is 10.5. The SMILES string of the molecule is CC1=C(CC(C)C)C(c2ccccc2[N+](=O)[O-])C(CC(C)C)=C(C)N1OC(=O)CC(=O)ON1C(C)=C(CC(C)C)C(c2ccccc2[N+](=O)[O-])C(CC(C)C)=C1C. The highest BCUT2D eigenvalue weighted by atomic mass is 16.7. The Balaban J connectivity index is 1.71. The molecule has 2 aliphatic rings. The molecule has 0 unspecified atom stereocenters. The number of nitro groups is 2. The van der Waals surface area contributed by atoms with Crippen molar-refractivity contribution in [2.24, 2.45) is 23.7 Å². The van der Waals surface area contributed by atoms with Gasteiger partial charge >= 0.3 is 11.9 Å². The summed E-state index contributed by atoms with van der Waals surface area (Å²) >= 11 is 0. The van der Waals surface area contributed by atoms with Gasteiger partial charge in [-0.2, -0.15) is 10.1 Å². The standard InChI is InChI=1S/C45H60N4O8/c1-26(2)21-36-30(9)46(31(10)37(22-27(3)4)44(36)34-17-13-15-19-40(34)48(52)53)56-42(50)25-43(51)57-47-32(11)38(23-28(5)6)45(39(33(47)12)24-29(7)8)35-18-14-16-20-41(35)49(54)55/h13-20,26-29,44-45H,21-25H2,1-12H3. The van der Waals surface area contributed by atoms with Gasteiger partial charge in [0.25, 0.3) is 11.4 Å². The van der Waals surface area contributed by atoms with Crippen molar-refractivity contribution in [2.75, 3.05) is 0 Å². The zero-order valence-corrected chi connectivity index (χ0v) is 35.7. The average molecular weight is 785 g/mol. The molecule has 0 atom stereocenters. The van der Waals surface area contributed by atoms with Gasteiger partial charge in [-0.25, -0.2) is 9.59 Å². The van der Waals surface area contributed by atoms with E-state index in [1.807, 2.05) is 39.8 Å². The number of benzene rings is 2. The Morgan fingerprint density at radius 2 is 0.807 bits per heavy atom. The number of hydrogen-bond acceptors (Lipinski definition) is 10. The maximum Gasteiger partial charge on any atom is 0.344 e. The molecule has 12 nitrogen and oxygen atoms in total. The van der Waals surface area contributed by atoms with E-state index in [0.717, 1.165) is 22.3 Å². The van der Waals surface area contributed by atoms with Gasteiger partial charge in [0.1, 0.15) is 6.42 Å². The van der Waals surface area contributed by atoms with Gasteiger partial charge in [0.15, 0.2) is 0 Å².